The number of hydrogen-bond acceptors (Lipinski definition) is 2. The first-order valence-corrected chi connectivity index (χ1v) is 11.1. The molecule has 4 rings (SSSR count). The topological polar surface area (TPSA) is 32.3 Å². The van der Waals surface area contributed by atoms with Crippen LogP contribution in [0.5, 0.6) is 0 Å². The summed E-state index contributed by atoms with van der Waals surface area (Å²) in [4.78, 5) is 14.6. The molecule has 1 aliphatic heterocycles. The summed E-state index contributed by atoms with van der Waals surface area (Å²) in [7, 11) is 0. The summed E-state index contributed by atoms with van der Waals surface area (Å²) in [6.45, 7) is 3.20. The zero-order valence-corrected chi connectivity index (χ0v) is 16.8. The predicted molar refractivity (Wildman–Crippen MR) is 113 cm³/mol. The molecule has 3 nitrogen and oxygen atoms in total. The quantitative estimate of drug-likeness (QED) is 0.641. The van der Waals surface area contributed by atoms with Gasteiger partial charge in [-0.2, -0.15) is 0 Å². The Morgan fingerprint density at radius 1 is 1.11 bits per heavy atom. The first kappa shape index (κ1) is 18.6. The molecular formula is C24H34N2O. The summed E-state index contributed by atoms with van der Waals surface area (Å²) < 4.78 is 0. The van der Waals surface area contributed by atoms with Crippen LogP contribution in [0.4, 0.5) is 11.4 Å². The number of anilines is 2. The molecule has 1 fully saturated rings. The molecule has 1 amide bonds. The summed E-state index contributed by atoms with van der Waals surface area (Å²) in [6.07, 6.45) is 15.6. The molecular weight excluding hydrogens is 332 g/mol. The Morgan fingerprint density at radius 2 is 1.96 bits per heavy atom. The number of amides is 1. The van der Waals surface area contributed by atoms with Crippen LogP contribution < -0.4 is 10.2 Å². The van der Waals surface area contributed by atoms with E-state index in [0.29, 0.717) is 24.3 Å². The van der Waals surface area contributed by atoms with E-state index in [1.807, 2.05) is 0 Å². The van der Waals surface area contributed by atoms with Crippen LogP contribution in [0.3, 0.4) is 0 Å². The number of fused-ring (bicyclic) bond motifs is 1. The number of carbonyl (C=O) groups is 1. The Morgan fingerprint density at radius 3 is 2.74 bits per heavy atom. The van der Waals surface area contributed by atoms with Crippen LogP contribution in [-0.2, 0) is 11.2 Å². The molecule has 1 heterocycles. The van der Waals surface area contributed by atoms with E-state index in [0.717, 1.165) is 25.1 Å². The number of allylic oxidation sites excluding steroid dienone is 1. The zero-order chi connectivity index (χ0) is 18.6. The molecule has 1 atom stereocenters. The van der Waals surface area contributed by atoms with Crippen LogP contribution in [0.2, 0.25) is 0 Å². The van der Waals surface area contributed by atoms with Crippen LogP contribution in [0.25, 0.3) is 0 Å². The van der Waals surface area contributed by atoms with E-state index in [-0.39, 0.29) is 0 Å². The van der Waals surface area contributed by atoms with Crippen molar-refractivity contribution in [1.29, 1.82) is 0 Å². The van der Waals surface area contributed by atoms with Gasteiger partial charge in [-0.3, -0.25) is 4.79 Å². The van der Waals surface area contributed by atoms with Gasteiger partial charge in [0.15, 0.2) is 0 Å². The second-order valence-corrected chi connectivity index (χ2v) is 8.86. The molecule has 0 bridgehead atoms. The fourth-order valence-corrected chi connectivity index (χ4v) is 5.12. The minimum Gasteiger partial charge on any atom is -0.382 e. The predicted octanol–water partition coefficient (Wildman–Crippen LogP) is 5.85. The van der Waals surface area contributed by atoms with Crippen molar-refractivity contribution < 1.29 is 4.79 Å². The van der Waals surface area contributed by atoms with E-state index < -0.39 is 0 Å². The van der Waals surface area contributed by atoms with Crippen molar-refractivity contribution in [3.63, 3.8) is 0 Å². The van der Waals surface area contributed by atoms with Gasteiger partial charge in [0.05, 0.1) is 0 Å². The maximum Gasteiger partial charge on any atom is 0.227 e. The highest BCUT2D eigenvalue weighted by Gasteiger charge is 2.28. The van der Waals surface area contributed by atoms with Crippen molar-refractivity contribution in [1.82, 2.24) is 0 Å². The van der Waals surface area contributed by atoms with E-state index in [2.05, 4.69) is 41.4 Å². The number of hydrogen-bond donors (Lipinski definition) is 1. The summed E-state index contributed by atoms with van der Waals surface area (Å²) >= 11 is 0. The lowest BCUT2D eigenvalue weighted by atomic mass is 9.94. The molecule has 0 spiro atoms. The van der Waals surface area contributed by atoms with Crippen LogP contribution in [0.1, 0.15) is 76.7 Å². The van der Waals surface area contributed by atoms with Gasteiger partial charge in [-0.05, 0) is 88.0 Å². The first-order chi connectivity index (χ1) is 13.2. The van der Waals surface area contributed by atoms with Gasteiger partial charge < -0.3 is 10.2 Å². The summed E-state index contributed by atoms with van der Waals surface area (Å²) in [5.41, 5.74) is 5.31. The number of carbonyl (C=O) groups excluding carboxylic acids is 1. The van der Waals surface area contributed by atoms with Crippen molar-refractivity contribution in [2.75, 3.05) is 16.8 Å². The smallest absolute Gasteiger partial charge is 0.227 e. The van der Waals surface area contributed by atoms with Crippen molar-refractivity contribution in [3.8, 4) is 0 Å². The molecule has 0 radical (unpaired) electrons. The Labute approximate surface area is 164 Å². The van der Waals surface area contributed by atoms with Crippen LogP contribution in [-0.4, -0.2) is 18.5 Å². The SMILES string of the molecule is CC(CC1=CCCCC1)Nc1ccc2c(c1)CCC(=O)N2CC1CCCC1. The molecule has 1 aromatic carbocycles. The number of nitrogens with zero attached hydrogens (tertiary/aromatic N) is 1. The molecule has 27 heavy (non-hydrogen) atoms. The molecule has 0 saturated heterocycles. The van der Waals surface area contributed by atoms with E-state index >= 15 is 0 Å². The third-order valence-electron chi connectivity index (χ3n) is 6.56. The fourth-order valence-electron chi connectivity index (χ4n) is 5.12. The number of benzene rings is 1. The van der Waals surface area contributed by atoms with Gasteiger partial charge in [0.1, 0.15) is 0 Å². The maximum absolute atomic E-state index is 12.5. The number of aryl methyl sites for hydroxylation is 1. The highest BCUT2D eigenvalue weighted by atomic mass is 16.2. The summed E-state index contributed by atoms with van der Waals surface area (Å²) in [6, 6.07) is 7.09. The van der Waals surface area contributed by atoms with E-state index in [1.54, 1.807) is 5.57 Å². The number of rotatable bonds is 6. The second-order valence-electron chi connectivity index (χ2n) is 8.86. The molecule has 3 heteroatoms. The third kappa shape index (κ3) is 4.56. The second kappa shape index (κ2) is 8.50. The van der Waals surface area contributed by atoms with E-state index in [1.165, 1.54) is 62.6 Å². The minimum atomic E-state index is 0.313. The highest BCUT2D eigenvalue weighted by Crippen LogP contribution is 2.34. The molecule has 146 valence electrons. The average Bonchev–Trinajstić information content (AvgIpc) is 3.18. The van der Waals surface area contributed by atoms with Gasteiger partial charge >= 0.3 is 0 Å². The van der Waals surface area contributed by atoms with Crippen LogP contribution >= 0.6 is 0 Å². The van der Waals surface area contributed by atoms with E-state index in [4.69, 9.17) is 0 Å². The third-order valence-corrected chi connectivity index (χ3v) is 6.56. The lowest BCUT2D eigenvalue weighted by Crippen LogP contribution is -2.38. The van der Waals surface area contributed by atoms with Gasteiger partial charge in [-0.15, -0.1) is 0 Å². The Bertz CT molecular complexity index is 702. The first-order valence-electron chi connectivity index (χ1n) is 11.1. The molecule has 1 saturated carbocycles. The van der Waals surface area contributed by atoms with E-state index in [9.17, 15) is 4.79 Å². The lowest BCUT2D eigenvalue weighted by molar-refractivity contribution is -0.119. The monoisotopic (exact) mass is 366 g/mol. The largest absolute Gasteiger partial charge is 0.382 e. The lowest BCUT2D eigenvalue weighted by Gasteiger charge is -2.32. The molecule has 1 unspecified atom stereocenters. The Balaban J connectivity index is 1.42. The van der Waals surface area contributed by atoms with Gasteiger partial charge in [-0.25, -0.2) is 0 Å². The summed E-state index contributed by atoms with van der Waals surface area (Å²) in [5.74, 6) is 1.01. The van der Waals surface area contributed by atoms with Crippen LogP contribution in [0, 0.1) is 5.92 Å². The normalized spacial score (nSPS) is 21.7. The fraction of sp³-hybridized carbons (Fsp3) is 0.625. The molecule has 3 aliphatic rings. The average molecular weight is 367 g/mol. The van der Waals surface area contributed by atoms with Crippen molar-refractivity contribution in [2.24, 2.45) is 5.92 Å². The van der Waals surface area contributed by atoms with Crippen molar-refractivity contribution >= 4 is 17.3 Å². The Hall–Kier alpha value is -1.77. The van der Waals surface area contributed by atoms with Gasteiger partial charge in [0.25, 0.3) is 0 Å². The van der Waals surface area contributed by atoms with Crippen LogP contribution in [0.15, 0.2) is 29.8 Å². The molecule has 1 aromatic rings. The molecule has 1 N–H and O–H groups in total. The highest BCUT2D eigenvalue weighted by molar-refractivity contribution is 5.96. The van der Waals surface area contributed by atoms with Crippen molar-refractivity contribution in [2.45, 2.75) is 83.6 Å². The standard InChI is InChI=1S/C24H34N2O/c1-18(15-19-7-3-2-4-8-19)25-22-12-13-23-21(16-22)11-14-24(27)26(23)17-20-9-5-6-10-20/h7,12-13,16,18,20,25H,2-6,8-11,14-15,17H2,1H3. The number of nitrogens with one attached hydrogen (secondary N) is 1. The molecule has 0 aromatic heterocycles. The minimum absolute atomic E-state index is 0.313. The maximum atomic E-state index is 12.5. The van der Waals surface area contributed by atoms with Gasteiger partial charge in [0, 0.05) is 30.4 Å². The summed E-state index contributed by atoms with van der Waals surface area (Å²) in [5, 5.41) is 3.69. The van der Waals surface area contributed by atoms with Gasteiger partial charge in [-0.1, -0.05) is 24.5 Å². The molecule has 2 aliphatic carbocycles. The Kier molecular flexibility index (Phi) is 5.85. The van der Waals surface area contributed by atoms with Crippen molar-refractivity contribution in [3.05, 3.63) is 35.4 Å². The zero-order valence-electron chi connectivity index (χ0n) is 16.8. The van der Waals surface area contributed by atoms with Gasteiger partial charge in [0.2, 0.25) is 5.91 Å².